The van der Waals surface area contributed by atoms with Crippen LogP contribution in [0.25, 0.3) is 27.5 Å². The van der Waals surface area contributed by atoms with Crippen LogP contribution in [0.15, 0.2) is 66.6 Å². The predicted molar refractivity (Wildman–Crippen MR) is 112 cm³/mol. The van der Waals surface area contributed by atoms with Gasteiger partial charge in [0, 0.05) is 35.9 Å². The molecule has 4 heterocycles. The zero-order valence-electron chi connectivity index (χ0n) is 16.0. The number of rotatable bonds is 5. The first-order valence-corrected chi connectivity index (χ1v) is 10.1. The number of carbonyl (C=O) groups is 1. The van der Waals surface area contributed by atoms with Crippen LogP contribution in [-0.4, -0.2) is 35.3 Å². The molecule has 0 saturated heterocycles. The maximum absolute atomic E-state index is 12.7. The molecule has 5 aromatic rings. The van der Waals surface area contributed by atoms with Gasteiger partial charge in [0.25, 0.3) is 0 Å². The molecule has 0 radical (unpaired) electrons. The lowest BCUT2D eigenvalue weighted by atomic mass is 10.1. The molecular weight excluding hydrogens is 400 g/mol. The van der Waals surface area contributed by atoms with Crippen LogP contribution in [0.1, 0.15) is 16.1 Å². The largest absolute Gasteiger partial charge is 0.455 e. The number of ether oxygens (including phenoxy) is 1. The van der Waals surface area contributed by atoms with E-state index in [9.17, 15) is 4.79 Å². The van der Waals surface area contributed by atoms with Crippen LogP contribution in [-0.2, 0) is 18.4 Å². The summed E-state index contributed by atoms with van der Waals surface area (Å²) in [6.45, 7) is 0.0747. The van der Waals surface area contributed by atoms with Gasteiger partial charge in [0.15, 0.2) is 5.65 Å². The van der Waals surface area contributed by atoms with Crippen molar-refractivity contribution in [3.8, 4) is 21.8 Å². The van der Waals surface area contributed by atoms with E-state index in [-0.39, 0.29) is 6.61 Å². The van der Waals surface area contributed by atoms with E-state index in [0.29, 0.717) is 16.9 Å². The van der Waals surface area contributed by atoms with Gasteiger partial charge in [-0.1, -0.05) is 30.3 Å². The maximum Gasteiger partial charge on any atom is 0.344 e. The van der Waals surface area contributed by atoms with Crippen LogP contribution in [0.2, 0.25) is 0 Å². The molecular formula is C21H16N6O2S. The second-order valence-corrected chi connectivity index (χ2v) is 7.47. The van der Waals surface area contributed by atoms with Crippen molar-refractivity contribution >= 4 is 23.0 Å². The minimum absolute atomic E-state index is 0.0747. The fourth-order valence-electron chi connectivity index (χ4n) is 3.12. The fourth-order valence-corrected chi connectivity index (χ4v) is 3.90. The summed E-state index contributed by atoms with van der Waals surface area (Å²) in [5, 5.41) is 11.2. The van der Waals surface area contributed by atoms with Crippen molar-refractivity contribution in [3.63, 3.8) is 0 Å². The molecule has 0 bridgehead atoms. The predicted octanol–water partition coefficient (Wildman–Crippen LogP) is 3.61. The molecule has 30 heavy (non-hydrogen) atoms. The molecule has 148 valence electrons. The van der Waals surface area contributed by atoms with Gasteiger partial charge >= 0.3 is 5.97 Å². The van der Waals surface area contributed by atoms with Crippen molar-refractivity contribution in [2.75, 3.05) is 0 Å². The van der Waals surface area contributed by atoms with E-state index in [4.69, 9.17) is 4.74 Å². The molecule has 0 atom stereocenters. The second kappa shape index (κ2) is 7.53. The van der Waals surface area contributed by atoms with Crippen molar-refractivity contribution in [2.24, 2.45) is 7.05 Å². The number of thiazole rings is 1. The highest BCUT2D eigenvalue weighted by atomic mass is 32.1. The van der Waals surface area contributed by atoms with E-state index in [0.717, 1.165) is 21.8 Å². The molecule has 0 aliphatic rings. The Morgan fingerprint density at radius 1 is 1.10 bits per heavy atom. The Labute approximate surface area is 175 Å². The number of benzene rings is 1. The van der Waals surface area contributed by atoms with Gasteiger partial charge in [-0.3, -0.25) is 4.68 Å². The number of hydrogen-bond acceptors (Lipinski definition) is 7. The molecule has 0 amide bonds. The van der Waals surface area contributed by atoms with Crippen molar-refractivity contribution in [1.82, 2.24) is 29.4 Å². The number of aryl methyl sites for hydroxylation is 1. The number of fused-ring (bicyclic) bond motifs is 1. The van der Waals surface area contributed by atoms with Gasteiger partial charge in [-0.05, 0) is 6.07 Å². The molecule has 0 unspecified atom stereocenters. The summed E-state index contributed by atoms with van der Waals surface area (Å²) in [7, 11) is 1.85. The molecule has 0 saturated carbocycles. The Morgan fingerprint density at radius 3 is 2.77 bits per heavy atom. The third kappa shape index (κ3) is 3.35. The standard InChI is InChI=1S/C21H16N6O2S/c1-26-11-15(9-23-26)20-25-16(13-30-20)12-29-21(28)17-10-24-27-18(7-8-22-19(17)27)14-5-3-2-4-6-14/h2-11,13H,12H2,1H3. The summed E-state index contributed by atoms with van der Waals surface area (Å²) < 4.78 is 8.84. The molecule has 5 rings (SSSR count). The van der Waals surface area contributed by atoms with Gasteiger partial charge in [-0.15, -0.1) is 11.3 Å². The molecule has 0 N–H and O–H groups in total. The summed E-state index contributed by atoms with van der Waals surface area (Å²) in [6.07, 6.45) is 6.79. The second-order valence-electron chi connectivity index (χ2n) is 6.61. The van der Waals surface area contributed by atoms with Gasteiger partial charge in [-0.2, -0.15) is 10.2 Å². The van der Waals surface area contributed by atoms with Crippen molar-refractivity contribution in [3.05, 3.63) is 77.8 Å². The van der Waals surface area contributed by atoms with E-state index in [1.54, 1.807) is 21.6 Å². The minimum atomic E-state index is -0.487. The molecule has 9 heteroatoms. The van der Waals surface area contributed by atoms with Crippen LogP contribution >= 0.6 is 11.3 Å². The minimum Gasteiger partial charge on any atom is -0.455 e. The van der Waals surface area contributed by atoms with E-state index < -0.39 is 5.97 Å². The molecule has 0 aliphatic carbocycles. The van der Waals surface area contributed by atoms with Crippen LogP contribution in [0.3, 0.4) is 0 Å². The average molecular weight is 416 g/mol. The molecule has 0 spiro atoms. The highest BCUT2D eigenvalue weighted by Gasteiger charge is 2.18. The number of aromatic nitrogens is 6. The molecule has 0 aliphatic heterocycles. The van der Waals surface area contributed by atoms with Gasteiger partial charge in [-0.25, -0.2) is 19.3 Å². The topological polar surface area (TPSA) is 87.2 Å². The van der Waals surface area contributed by atoms with E-state index in [1.165, 1.54) is 17.5 Å². The van der Waals surface area contributed by atoms with Gasteiger partial charge in [0.1, 0.15) is 17.2 Å². The molecule has 4 aromatic heterocycles. The number of carbonyl (C=O) groups excluding carboxylic acids is 1. The monoisotopic (exact) mass is 416 g/mol. The number of esters is 1. The van der Waals surface area contributed by atoms with Crippen LogP contribution in [0, 0.1) is 0 Å². The summed E-state index contributed by atoms with van der Waals surface area (Å²) in [5.74, 6) is -0.487. The quantitative estimate of drug-likeness (QED) is 0.407. The highest BCUT2D eigenvalue weighted by Crippen LogP contribution is 2.24. The Bertz CT molecular complexity index is 1340. The first-order valence-electron chi connectivity index (χ1n) is 9.18. The Kier molecular flexibility index (Phi) is 4.56. The van der Waals surface area contributed by atoms with Gasteiger partial charge in [0.05, 0.1) is 23.8 Å². The van der Waals surface area contributed by atoms with Gasteiger partial charge in [0.2, 0.25) is 0 Å². The lowest BCUT2D eigenvalue weighted by molar-refractivity contribution is 0.0470. The van der Waals surface area contributed by atoms with Gasteiger partial charge < -0.3 is 4.74 Å². The van der Waals surface area contributed by atoms with Crippen LogP contribution < -0.4 is 0 Å². The Hall–Kier alpha value is -3.85. The Balaban J connectivity index is 1.35. The zero-order valence-corrected chi connectivity index (χ0v) is 16.8. The lowest BCUT2D eigenvalue weighted by Gasteiger charge is -2.05. The third-order valence-electron chi connectivity index (χ3n) is 4.55. The third-order valence-corrected chi connectivity index (χ3v) is 5.49. The summed E-state index contributed by atoms with van der Waals surface area (Å²) in [5.41, 5.74) is 4.21. The first-order chi connectivity index (χ1) is 14.7. The van der Waals surface area contributed by atoms with Crippen molar-refractivity contribution < 1.29 is 9.53 Å². The average Bonchev–Trinajstić information content (AvgIpc) is 3.51. The SMILES string of the molecule is Cn1cc(-c2nc(COC(=O)c3cnn4c(-c5ccccc5)ccnc34)cs2)cn1. The molecule has 0 fully saturated rings. The maximum atomic E-state index is 12.7. The summed E-state index contributed by atoms with van der Waals surface area (Å²) in [6, 6.07) is 11.7. The molecule has 8 nitrogen and oxygen atoms in total. The smallest absolute Gasteiger partial charge is 0.344 e. The van der Waals surface area contributed by atoms with Crippen molar-refractivity contribution in [2.45, 2.75) is 6.61 Å². The summed E-state index contributed by atoms with van der Waals surface area (Å²) in [4.78, 5) is 21.5. The number of hydrogen-bond donors (Lipinski definition) is 0. The van der Waals surface area contributed by atoms with E-state index >= 15 is 0 Å². The first kappa shape index (κ1) is 18.2. The number of nitrogens with zero attached hydrogens (tertiary/aromatic N) is 6. The van der Waals surface area contributed by atoms with Crippen molar-refractivity contribution in [1.29, 1.82) is 0 Å². The lowest BCUT2D eigenvalue weighted by Crippen LogP contribution is -2.06. The van der Waals surface area contributed by atoms with Crippen LogP contribution in [0.4, 0.5) is 0 Å². The van der Waals surface area contributed by atoms with E-state index in [2.05, 4.69) is 20.2 Å². The van der Waals surface area contributed by atoms with Crippen LogP contribution in [0.5, 0.6) is 0 Å². The summed E-state index contributed by atoms with van der Waals surface area (Å²) >= 11 is 1.48. The normalized spacial score (nSPS) is 11.1. The Morgan fingerprint density at radius 2 is 1.97 bits per heavy atom. The zero-order chi connectivity index (χ0) is 20.5. The van der Waals surface area contributed by atoms with E-state index in [1.807, 2.05) is 55.0 Å². The molecule has 1 aromatic carbocycles. The highest BCUT2D eigenvalue weighted by molar-refractivity contribution is 7.13. The fraction of sp³-hybridized carbons (Fsp3) is 0.0952.